The summed E-state index contributed by atoms with van der Waals surface area (Å²) < 4.78 is 5.25. The van der Waals surface area contributed by atoms with E-state index in [9.17, 15) is 4.79 Å². The normalized spacial score (nSPS) is 14.3. The lowest BCUT2D eigenvalue weighted by molar-refractivity contribution is 0.0714. The van der Waals surface area contributed by atoms with Gasteiger partial charge < -0.3 is 14.2 Å². The van der Waals surface area contributed by atoms with E-state index in [1.54, 1.807) is 17.0 Å². The number of anilines is 1. The number of piperazine rings is 1. The summed E-state index contributed by atoms with van der Waals surface area (Å²) in [6, 6.07) is 16.5. The van der Waals surface area contributed by atoms with Gasteiger partial charge in [-0.3, -0.25) is 4.79 Å². The molecule has 1 fully saturated rings. The van der Waals surface area contributed by atoms with Gasteiger partial charge in [0, 0.05) is 42.2 Å². The average Bonchev–Trinajstić information content (AvgIpc) is 3.33. The number of fused-ring (bicyclic) bond motifs is 1. The summed E-state index contributed by atoms with van der Waals surface area (Å²) in [5.74, 6) is 1.61. The van der Waals surface area contributed by atoms with Crippen molar-refractivity contribution in [2.75, 3.05) is 31.1 Å². The molecule has 8 heteroatoms. The molecular weight excluding hydrogens is 435 g/mol. The van der Waals surface area contributed by atoms with E-state index in [0.29, 0.717) is 47.8 Å². The maximum atomic E-state index is 12.6. The predicted octanol–water partition coefficient (Wildman–Crippen LogP) is 5.16. The van der Waals surface area contributed by atoms with Crippen molar-refractivity contribution in [2.45, 2.75) is 0 Å². The van der Waals surface area contributed by atoms with Crippen molar-refractivity contribution in [3.05, 3.63) is 76.7 Å². The number of carbonyl (C=O) groups excluding carboxylic acids is 1. The first kappa shape index (κ1) is 19.8. The zero-order valence-corrected chi connectivity index (χ0v) is 18.0. The predicted molar refractivity (Wildman–Crippen MR) is 122 cm³/mol. The molecule has 5 rings (SSSR count). The zero-order chi connectivity index (χ0) is 21.4. The van der Waals surface area contributed by atoms with Crippen LogP contribution in [0.25, 0.3) is 22.3 Å². The second-order valence-corrected chi connectivity index (χ2v) is 8.11. The number of halogens is 2. The van der Waals surface area contributed by atoms with Crippen molar-refractivity contribution in [2.24, 2.45) is 0 Å². The molecule has 1 aliphatic rings. The fraction of sp³-hybridized carbons (Fsp3) is 0.174. The highest BCUT2D eigenvalue weighted by molar-refractivity contribution is 6.33. The van der Waals surface area contributed by atoms with Crippen LogP contribution in [0.1, 0.15) is 10.6 Å². The minimum absolute atomic E-state index is 0.0965. The highest BCUT2D eigenvalue weighted by Gasteiger charge is 2.26. The van der Waals surface area contributed by atoms with Crippen LogP contribution < -0.4 is 4.90 Å². The lowest BCUT2D eigenvalue weighted by Crippen LogP contribution is -2.49. The molecule has 0 bridgehead atoms. The summed E-state index contributed by atoms with van der Waals surface area (Å²) in [5, 5.41) is 2.10. The monoisotopic (exact) mass is 452 g/mol. The van der Waals surface area contributed by atoms with Crippen molar-refractivity contribution in [1.82, 2.24) is 14.9 Å². The molecule has 1 aliphatic heterocycles. The summed E-state index contributed by atoms with van der Waals surface area (Å²) in [4.78, 5) is 26.1. The Hall–Kier alpha value is -3.09. The third-order valence-electron chi connectivity index (χ3n) is 5.35. The van der Waals surface area contributed by atoms with Crippen LogP contribution in [0.15, 0.2) is 65.3 Å². The van der Waals surface area contributed by atoms with Crippen molar-refractivity contribution in [1.29, 1.82) is 0 Å². The summed E-state index contributed by atoms with van der Waals surface area (Å²) in [6.07, 6.45) is 1.51. The topological polar surface area (TPSA) is 62.5 Å². The Morgan fingerprint density at radius 1 is 0.935 bits per heavy atom. The highest BCUT2D eigenvalue weighted by atomic mass is 35.5. The molecule has 0 radical (unpaired) electrons. The molecule has 0 N–H and O–H groups in total. The number of benzene rings is 2. The number of furan rings is 1. The fourth-order valence-electron chi connectivity index (χ4n) is 3.77. The Kier molecular flexibility index (Phi) is 5.26. The summed E-state index contributed by atoms with van der Waals surface area (Å²) >= 11 is 12.6. The Balaban J connectivity index is 1.49. The number of nitrogens with zero attached hydrogens (tertiary/aromatic N) is 4. The highest BCUT2D eigenvalue weighted by Crippen LogP contribution is 2.32. The Labute approximate surface area is 189 Å². The number of amides is 1. The third kappa shape index (κ3) is 3.84. The van der Waals surface area contributed by atoms with Gasteiger partial charge in [-0.15, -0.1) is 0 Å². The van der Waals surface area contributed by atoms with E-state index < -0.39 is 0 Å². The smallest absolute Gasteiger partial charge is 0.289 e. The van der Waals surface area contributed by atoms with E-state index in [1.165, 1.54) is 6.26 Å². The number of rotatable bonds is 3. The Morgan fingerprint density at radius 2 is 1.74 bits per heavy atom. The first-order valence-corrected chi connectivity index (χ1v) is 10.7. The van der Waals surface area contributed by atoms with E-state index in [-0.39, 0.29) is 5.91 Å². The van der Waals surface area contributed by atoms with Gasteiger partial charge in [-0.25, -0.2) is 9.97 Å². The number of hydrogen-bond acceptors (Lipinski definition) is 5. The maximum Gasteiger partial charge on any atom is 0.289 e. The van der Waals surface area contributed by atoms with E-state index in [2.05, 4.69) is 4.90 Å². The first-order chi connectivity index (χ1) is 15.1. The van der Waals surface area contributed by atoms with Crippen LogP contribution in [-0.4, -0.2) is 47.0 Å². The largest absolute Gasteiger partial charge is 0.459 e. The molecule has 2 aromatic heterocycles. The molecule has 31 heavy (non-hydrogen) atoms. The second-order valence-electron chi connectivity index (χ2n) is 7.27. The number of hydrogen-bond donors (Lipinski definition) is 0. The van der Waals surface area contributed by atoms with Crippen LogP contribution in [0.3, 0.4) is 0 Å². The van der Waals surface area contributed by atoms with Gasteiger partial charge >= 0.3 is 0 Å². The van der Waals surface area contributed by atoms with Crippen LogP contribution in [0.2, 0.25) is 10.0 Å². The van der Waals surface area contributed by atoms with Gasteiger partial charge in [0.1, 0.15) is 5.82 Å². The number of carbonyl (C=O) groups is 1. The minimum atomic E-state index is -0.0965. The van der Waals surface area contributed by atoms with Gasteiger partial charge in [0.15, 0.2) is 11.6 Å². The molecule has 1 amide bonds. The van der Waals surface area contributed by atoms with Crippen LogP contribution in [0, 0.1) is 0 Å². The van der Waals surface area contributed by atoms with E-state index in [1.807, 2.05) is 42.5 Å². The first-order valence-electron chi connectivity index (χ1n) is 9.90. The summed E-state index contributed by atoms with van der Waals surface area (Å²) in [5.41, 5.74) is 1.51. The van der Waals surface area contributed by atoms with Crippen LogP contribution in [0.5, 0.6) is 0 Å². The Bertz CT molecular complexity index is 1250. The third-order valence-corrected chi connectivity index (χ3v) is 5.92. The zero-order valence-electron chi connectivity index (χ0n) is 16.5. The maximum absolute atomic E-state index is 12.6. The standard InChI is InChI=1S/C23H18Cl2N4O2/c24-15-7-8-17-19(14-15)26-21(16-4-1-2-5-18(16)25)27-22(17)28-9-11-29(12-10-28)23(30)20-6-3-13-31-20/h1-8,13-14H,9-12H2. The van der Waals surface area contributed by atoms with E-state index in [0.717, 1.165) is 22.3 Å². The lowest BCUT2D eigenvalue weighted by Gasteiger charge is -2.35. The van der Waals surface area contributed by atoms with Crippen molar-refractivity contribution in [3.63, 3.8) is 0 Å². The minimum Gasteiger partial charge on any atom is -0.459 e. The molecule has 0 spiro atoms. The van der Waals surface area contributed by atoms with Gasteiger partial charge in [-0.05, 0) is 42.5 Å². The quantitative estimate of drug-likeness (QED) is 0.429. The molecule has 0 atom stereocenters. The van der Waals surface area contributed by atoms with Crippen LogP contribution in [0.4, 0.5) is 5.82 Å². The lowest BCUT2D eigenvalue weighted by atomic mass is 10.1. The van der Waals surface area contributed by atoms with Crippen molar-refractivity contribution >= 4 is 45.8 Å². The molecule has 0 unspecified atom stereocenters. The SMILES string of the molecule is O=C(c1ccco1)N1CCN(c2nc(-c3ccccc3Cl)nc3cc(Cl)ccc23)CC1. The van der Waals surface area contributed by atoms with E-state index >= 15 is 0 Å². The fourth-order valence-corrected chi connectivity index (χ4v) is 4.15. The molecule has 2 aromatic carbocycles. The van der Waals surface area contributed by atoms with Gasteiger partial charge in [0.2, 0.25) is 0 Å². The molecule has 0 saturated carbocycles. The molecule has 3 heterocycles. The molecule has 156 valence electrons. The Morgan fingerprint density at radius 3 is 2.48 bits per heavy atom. The summed E-state index contributed by atoms with van der Waals surface area (Å²) in [7, 11) is 0. The molecule has 6 nitrogen and oxygen atoms in total. The van der Waals surface area contributed by atoms with E-state index in [4.69, 9.17) is 37.6 Å². The van der Waals surface area contributed by atoms with Crippen LogP contribution in [-0.2, 0) is 0 Å². The average molecular weight is 453 g/mol. The van der Waals surface area contributed by atoms with Crippen molar-refractivity contribution < 1.29 is 9.21 Å². The molecule has 0 aliphatic carbocycles. The van der Waals surface area contributed by atoms with Crippen LogP contribution >= 0.6 is 23.2 Å². The van der Waals surface area contributed by atoms with Gasteiger partial charge in [-0.2, -0.15) is 0 Å². The summed E-state index contributed by atoms with van der Waals surface area (Å²) in [6.45, 7) is 2.42. The molecular formula is C23H18Cl2N4O2. The van der Waals surface area contributed by atoms with Crippen molar-refractivity contribution in [3.8, 4) is 11.4 Å². The van der Waals surface area contributed by atoms with Gasteiger partial charge in [-0.1, -0.05) is 35.3 Å². The second kappa shape index (κ2) is 8.21. The molecule has 1 saturated heterocycles. The van der Waals surface area contributed by atoms with Gasteiger partial charge in [0.25, 0.3) is 5.91 Å². The van der Waals surface area contributed by atoms with Gasteiger partial charge in [0.05, 0.1) is 16.8 Å². The number of aromatic nitrogens is 2. The molecule has 4 aromatic rings.